The number of epoxide rings is 1. The summed E-state index contributed by atoms with van der Waals surface area (Å²) < 4.78 is 5.42. The highest BCUT2D eigenvalue weighted by molar-refractivity contribution is 4.98. The summed E-state index contributed by atoms with van der Waals surface area (Å²) in [5.74, 6) is 0.584. The van der Waals surface area contributed by atoms with Gasteiger partial charge in [-0.05, 0) is 39.0 Å². The van der Waals surface area contributed by atoms with Gasteiger partial charge < -0.3 is 9.84 Å². The molecular weight excluding hydrogens is 152 g/mol. The molecule has 1 aliphatic heterocycles. The van der Waals surface area contributed by atoms with E-state index in [4.69, 9.17) is 4.74 Å². The van der Waals surface area contributed by atoms with Crippen molar-refractivity contribution in [2.75, 3.05) is 6.61 Å². The number of aliphatic hydroxyl groups is 1. The van der Waals surface area contributed by atoms with Gasteiger partial charge in [0, 0.05) is 0 Å². The summed E-state index contributed by atoms with van der Waals surface area (Å²) in [6, 6.07) is 0. The Morgan fingerprint density at radius 2 is 2.08 bits per heavy atom. The largest absolute Gasteiger partial charge is 0.390 e. The molecule has 1 heterocycles. The quantitative estimate of drug-likeness (QED) is 0.608. The molecule has 2 nitrogen and oxygen atoms in total. The third-order valence-electron chi connectivity index (χ3n) is 3.42. The molecule has 3 unspecified atom stereocenters. The number of rotatable bonds is 1. The van der Waals surface area contributed by atoms with Crippen LogP contribution >= 0.6 is 0 Å². The molecule has 0 aromatic rings. The highest BCUT2D eigenvalue weighted by Crippen LogP contribution is 2.45. The van der Waals surface area contributed by atoms with Crippen molar-refractivity contribution in [2.24, 2.45) is 5.92 Å². The van der Waals surface area contributed by atoms with Crippen molar-refractivity contribution in [2.45, 2.75) is 50.7 Å². The first-order valence-electron chi connectivity index (χ1n) is 4.88. The normalized spacial score (nSPS) is 53.8. The lowest BCUT2D eigenvalue weighted by Gasteiger charge is -2.35. The third-order valence-corrected chi connectivity index (χ3v) is 3.42. The van der Waals surface area contributed by atoms with E-state index < -0.39 is 5.60 Å². The van der Waals surface area contributed by atoms with Crippen molar-refractivity contribution in [1.82, 2.24) is 0 Å². The first-order chi connectivity index (χ1) is 5.52. The average molecular weight is 170 g/mol. The first-order valence-corrected chi connectivity index (χ1v) is 4.88. The van der Waals surface area contributed by atoms with Gasteiger partial charge in [-0.1, -0.05) is 6.42 Å². The number of ether oxygens (including phenoxy) is 1. The molecule has 2 aliphatic rings. The maximum Gasteiger partial charge on any atom is 0.0917 e. The second kappa shape index (κ2) is 2.46. The van der Waals surface area contributed by atoms with Crippen molar-refractivity contribution >= 4 is 0 Å². The van der Waals surface area contributed by atoms with Gasteiger partial charge in [-0.3, -0.25) is 0 Å². The van der Waals surface area contributed by atoms with Gasteiger partial charge in [0.2, 0.25) is 0 Å². The number of hydrogen-bond donors (Lipinski definition) is 1. The Labute approximate surface area is 73.9 Å². The van der Waals surface area contributed by atoms with Crippen LogP contribution in [0.3, 0.4) is 0 Å². The molecule has 1 N–H and O–H groups in total. The Morgan fingerprint density at radius 3 is 2.58 bits per heavy atom. The average Bonchev–Trinajstić information content (AvgIpc) is 2.67. The Hall–Kier alpha value is -0.0800. The minimum atomic E-state index is -0.433. The summed E-state index contributed by atoms with van der Waals surface area (Å²) >= 11 is 0. The molecular formula is C10H18O2. The molecule has 1 saturated heterocycles. The Bertz CT molecular complexity index is 182. The molecule has 12 heavy (non-hydrogen) atoms. The minimum Gasteiger partial charge on any atom is -0.390 e. The molecule has 1 saturated carbocycles. The summed E-state index contributed by atoms with van der Waals surface area (Å²) in [5, 5.41) is 9.88. The van der Waals surface area contributed by atoms with Gasteiger partial charge in [-0.15, -0.1) is 0 Å². The van der Waals surface area contributed by atoms with Gasteiger partial charge >= 0.3 is 0 Å². The molecule has 0 aromatic heterocycles. The molecule has 2 heteroatoms. The van der Waals surface area contributed by atoms with Crippen LogP contribution in [-0.4, -0.2) is 22.9 Å². The van der Waals surface area contributed by atoms with Gasteiger partial charge in [-0.25, -0.2) is 0 Å². The van der Waals surface area contributed by atoms with Gasteiger partial charge in [0.25, 0.3) is 0 Å². The maximum absolute atomic E-state index is 9.88. The molecule has 0 spiro atoms. The Balaban J connectivity index is 1.99. The van der Waals surface area contributed by atoms with Crippen molar-refractivity contribution in [1.29, 1.82) is 0 Å². The second-order valence-corrected chi connectivity index (χ2v) is 4.89. The zero-order valence-corrected chi connectivity index (χ0v) is 7.97. The fourth-order valence-electron chi connectivity index (χ4n) is 2.34. The fraction of sp³-hybridized carbons (Fsp3) is 1.00. The van der Waals surface area contributed by atoms with Crippen molar-refractivity contribution in [3.8, 4) is 0 Å². The van der Waals surface area contributed by atoms with E-state index in [1.165, 1.54) is 6.42 Å². The van der Waals surface area contributed by atoms with Crippen LogP contribution in [-0.2, 0) is 4.74 Å². The molecule has 2 rings (SSSR count). The molecule has 0 aromatic carbocycles. The van der Waals surface area contributed by atoms with E-state index in [1.54, 1.807) is 0 Å². The van der Waals surface area contributed by atoms with E-state index in [0.29, 0.717) is 5.92 Å². The predicted octanol–water partition coefficient (Wildman–Crippen LogP) is 1.72. The number of hydrogen-bond acceptors (Lipinski definition) is 2. The maximum atomic E-state index is 9.88. The van der Waals surface area contributed by atoms with Crippen LogP contribution in [0.15, 0.2) is 0 Å². The van der Waals surface area contributed by atoms with Gasteiger partial charge in [0.15, 0.2) is 0 Å². The second-order valence-electron chi connectivity index (χ2n) is 4.89. The van der Waals surface area contributed by atoms with Crippen LogP contribution in [0.25, 0.3) is 0 Å². The summed E-state index contributed by atoms with van der Waals surface area (Å²) in [4.78, 5) is 0. The molecule has 0 bridgehead atoms. The zero-order chi connectivity index (χ0) is 8.82. The summed E-state index contributed by atoms with van der Waals surface area (Å²) in [5.41, 5.74) is -0.317. The first kappa shape index (κ1) is 8.52. The lowest BCUT2D eigenvalue weighted by molar-refractivity contribution is -0.0150. The van der Waals surface area contributed by atoms with Crippen molar-refractivity contribution < 1.29 is 9.84 Å². The van der Waals surface area contributed by atoms with Gasteiger partial charge in [0.1, 0.15) is 0 Å². The van der Waals surface area contributed by atoms with Crippen LogP contribution < -0.4 is 0 Å². The van der Waals surface area contributed by atoms with Crippen LogP contribution in [0.5, 0.6) is 0 Å². The SMILES string of the molecule is CC1(O)CCCC(C2(C)CO2)C1. The smallest absolute Gasteiger partial charge is 0.0917 e. The third kappa shape index (κ3) is 1.50. The van der Waals surface area contributed by atoms with E-state index in [9.17, 15) is 5.11 Å². The summed E-state index contributed by atoms with van der Waals surface area (Å²) in [6.07, 6.45) is 4.26. The molecule has 70 valence electrons. The van der Waals surface area contributed by atoms with Crippen LogP contribution in [0.1, 0.15) is 39.5 Å². The van der Waals surface area contributed by atoms with Gasteiger partial charge in [-0.2, -0.15) is 0 Å². The van der Waals surface area contributed by atoms with E-state index in [0.717, 1.165) is 25.9 Å². The van der Waals surface area contributed by atoms with Crippen LogP contribution in [0.4, 0.5) is 0 Å². The summed E-state index contributed by atoms with van der Waals surface area (Å²) in [7, 11) is 0. The zero-order valence-electron chi connectivity index (χ0n) is 7.97. The van der Waals surface area contributed by atoms with Crippen molar-refractivity contribution in [3.05, 3.63) is 0 Å². The standard InChI is InChI=1S/C10H18O2/c1-9(11)5-3-4-8(6-9)10(2)7-12-10/h8,11H,3-7H2,1-2H3. The topological polar surface area (TPSA) is 32.8 Å². The highest BCUT2D eigenvalue weighted by Gasteiger charge is 2.49. The van der Waals surface area contributed by atoms with Crippen LogP contribution in [0.2, 0.25) is 0 Å². The monoisotopic (exact) mass is 170 g/mol. The lowest BCUT2D eigenvalue weighted by atomic mass is 9.74. The molecule has 3 atom stereocenters. The van der Waals surface area contributed by atoms with E-state index in [-0.39, 0.29) is 5.60 Å². The predicted molar refractivity (Wildman–Crippen MR) is 46.9 cm³/mol. The van der Waals surface area contributed by atoms with Gasteiger partial charge in [0.05, 0.1) is 17.8 Å². The van der Waals surface area contributed by atoms with E-state index in [2.05, 4.69) is 6.92 Å². The minimum absolute atomic E-state index is 0.115. The Morgan fingerprint density at radius 1 is 1.42 bits per heavy atom. The van der Waals surface area contributed by atoms with E-state index in [1.807, 2.05) is 6.92 Å². The molecule has 0 radical (unpaired) electrons. The molecule has 1 aliphatic carbocycles. The molecule has 0 amide bonds. The van der Waals surface area contributed by atoms with Crippen molar-refractivity contribution in [3.63, 3.8) is 0 Å². The lowest BCUT2D eigenvalue weighted by Crippen LogP contribution is -2.37. The van der Waals surface area contributed by atoms with E-state index >= 15 is 0 Å². The van der Waals surface area contributed by atoms with Crippen LogP contribution in [0, 0.1) is 5.92 Å². The summed E-state index contributed by atoms with van der Waals surface area (Å²) in [6.45, 7) is 5.01. The highest BCUT2D eigenvalue weighted by atomic mass is 16.6. The fourth-order valence-corrected chi connectivity index (χ4v) is 2.34. The Kier molecular flexibility index (Phi) is 1.74. The molecule has 2 fully saturated rings.